The highest BCUT2D eigenvalue weighted by molar-refractivity contribution is 6.31. The molecule has 0 saturated carbocycles. The molecule has 0 amide bonds. The SMILES string of the molecule is CC(=O)OC1N=C(c2ccccc2)c2cc(Cl)ccc2-n2ncnc21. The molecule has 1 aliphatic rings. The Labute approximate surface area is 148 Å². The van der Waals surface area contributed by atoms with Crippen LogP contribution in [0.4, 0.5) is 0 Å². The van der Waals surface area contributed by atoms with Crippen LogP contribution in [0.15, 0.2) is 59.9 Å². The summed E-state index contributed by atoms with van der Waals surface area (Å²) in [5, 5.41) is 4.85. The number of ether oxygens (including phenoxy) is 1. The van der Waals surface area contributed by atoms with Crippen molar-refractivity contribution in [1.82, 2.24) is 14.8 Å². The zero-order valence-electron chi connectivity index (χ0n) is 13.3. The van der Waals surface area contributed by atoms with Crippen LogP contribution in [0.1, 0.15) is 30.1 Å². The maximum absolute atomic E-state index is 11.6. The molecule has 7 heteroatoms. The standard InChI is InChI=1S/C18H13ClN4O2/c1-11(24)25-18-17-20-10-21-23(17)15-8-7-13(19)9-14(15)16(22-18)12-5-3-2-4-6-12/h2-10,18H,1H3. The smallest absolute Gasteiger partial charge is 0.304 e. The van der Waals surface area contributed by atoms with Crippen LogP contribution >= 0.6 is 11.6 Å². The van der Waals surface area contributed by atoms with E-state index in [2.05, 4.69) is 15.1 Å². The number of esters is 1. The van der Waals surface area contributed by atoms with Gasteiger partial charge >= 0.3 is 5.97 Å². The maximum Gasteiger partial charge on any atom is 0.304 e. The molecule has 6 nitrogen and oxygen atoms in total. The van der Waals surface area contributed by atoms with Gasteiger partial charge in [0.25, 0.3) is 6.23 Å². The second-order valence-electron chi connectivity index (χ2n) is 5.50. The molecule has 0 aliphatic carbocycles. The molecule has 1 unspecified atom stereocenters. The van der Waals surface area contributed by atoms with Crippen LogP contribution < -0.4 is 0 Å². The monoisotopic (exact) mass is 352 g/mol. The highest BCUT2D eigenvalue weighted by atomic mass is 35.5. The molecule has 1 atom stereocenters. The lowest BCUT2D eigenvalue weighted by molar-refractivity contribution is -0.146. The van der Waals surface area contributed by atoms with Gasteiger partial charge in [0, 0.05) is 23.1 Å². The average molecular weight is 353 g/mol. The Morgan fingerprint density at radius 1 is 1.20 bits per heavy atom. The summed E-state index contributed by atoms with van der Waals surface area (Å²) in [6, 6.07) is 15.1. The number of halogens is 1. The van der Waals surface area contributed by atoms with Crippen LogP contribution in [-0.2, 0) is 9.53 Å². The summed E-state index contributed by atoms with van der Waals surface area (Å²) in [6.45, 7) is 1.34. The first-order valence-electron chi connectivity index (χ1n) is 7.64. The lowest BCUT2D eigenvalue weighted by Gasteiger charge is -2.11. The molecule has 0 radical (unpaired) electrons. The van der Waals surface area contributed by atoms with Gasteiger partial charge in [0.05, 0.1) is 11.4 Å². The molecule has 1 aliphatic heterocycles. The molecule has 4 rings (SSSR count). The minimum Gasteiger partial charge on any atom is -0.432 e. The predicted molar refractivity (Wildman–Crippen MR) is 93.0 cm³/mol. The van der Waals surface area contributed by atoms with E-state index in [1.54, 1.807) is 10.7 Å². The molecule has 3 aromatic rings. The number of benzene rings is 2. The number of aliphatic imine (C=N–C) groups is 1. The van der Waals surface area contributed by atoms with Crippen molar-refractivity contribution < 1.29 is 9.53 Å². The third-order valence-corrected chi connectivity index (χ3v) is 4.04. The van der Waals surface area contributed by atoms with E-state index in [4.69, 9.17) is 16.3 Å². The topological polar surface area (TPSA) is 69.4 Å². The molecule has 2 heterocycles. The van der Waals surface area contributed by atoms with Gasteiger partial charge < -0.3 is 4.74 Å². The van der Waals surface area contributed by atoms with E-state index in [1.165, 1.54) is 13.3 Å². The van der Waals surface area contributed by atoms with Crippen molar-refractivity contribution in [2.45, 2.75) is 13.2 Å². The normalized spacial score (nSPS) is 15.6. The average Bonchev–Trinajstić information content (AvgIpc) is 3.04. The lowest BCUT2D eigenvalue weighted by Crippen LogP contribution is -2.12. The fourth-order valence-electron chi connectivity index (χ4n) is 2.79. The number of rotatable bonds is 2. The number of aromatic nitrogens is 3. The van der Waals surface area contributed by atoms with E-state index in [0.29, 0.717) is 16.6 Å². The van der Waals surface area contributed by atoms with Crippen LogP contribution in [-0.4, -0.2) is 26.4 Å². The summed E-state index contributed by atoms with van der Waals surface area (Å²) in [7, 11) is 0. The van der Waals surface area contributed by atoms with E-state index in [-0.39, 0.29) is 0 Å². The molecule has 25 heavy (non-hydrogen) atoms. The molecule has 0 N–H and O–H groups in total. The summed E-state index contributed by atoms with van der Waals surface area (Å²) in [5.74, 6) is -0.00981. The summed E-state index contributed by atoms with van der Waals surface area (Å²) >= 11 is 6.22. The Bertz CT molecular complexity index is 982. The highest BCUT2D eigenvalue weighted by Crippen LogP contribution is 2.31. The first kappa shape index (κ1) is 15.5. The van der Waals surface area contributed by atoms with Crippen molar-refractivity contribution in [3.8, 4) is 5.69 Å². The van der Waals surface area contributed by atoms with E-state index < -0.39 is 12.2 Å². The van der Waals surface area contributed by atoms with Crippen molar-refractivity contribution in [2.24, 2.45) is 4.99 Å². The van der Waals surface area contributed by atoms with Gasteiger partial charge in [-0.2, -0.15) is 5.10 Å². The molecule has 0 bridgehead atoms. The van der Waals surface area contributed by atoms with Crippen molar-refractivity contribution in [2.75, 3.05) is 0 Å². The van der Waals surface area contributed by atoms with Crippen molar-refractivity contribution in [3.63, 3.8) is 0 Å². The molecule has 2 aromatic carbocycles. The predicted octanol–water partition coefficient (Wildman–Crippen LogP) is 3.33. The molecule has 124 valence electrons. The Hall–Kier alpha value is -2.99. The lowest BCUT2D eigenvalue weighted by atomic mass is 10.0. The van der Waals surface area contributed by atoms with Gasteiger partial charge in [-0.1, -0.05) is 41.9 Å². The van der Waals surface area contributed by atoms with Gasteiger partial charge in [0.2, 0.25) is 0 Å². The van der Waals surface area contributed by atoms with Crippen molar-refractivity contribution in [1.29, 1.82) is 0 Å². The Morgan fingerprint density at radius 2 is 2.00 bits per heavy atom. The van der Waals surface area contributed by atoms with Crippen molar-refractivity contribution in [3.05, 3.63) is 76.8 Å². The highest BCUT2D eigenvalue weighted by Gasteiger charge is 2.28. The number of fused-ring (bicyclic) bond motifs is 3. The number of nitrogens with zero attached hydrogens (tertiary/aromatic N) is 4. The fraction of sp³-hybridized carbons (Fsp3) is 0.111. The Kier molecular flexibility index (Phi) is 3.82. The maximum atomic E-state index is 11.6. The van der Waals surface area contributed by atoms with E-state index in [0.717, 1.165) is 16.8 Å². The van der Waals surface area contributed by atoms with Gasteiger partial charge in [-0.15, -0.1) is 0 Å². The third kappa shape index (κ3) is 2.81. The van der Waals surface area contributed by atoms with E-state index in [9.17, 15) is 4.79 Å². The summed E-state index contributed by atoms with van der Waals surface area (Å²) in [5.41, 5.74) is 3.11. The molecule has 0 saturated heterocycles. The Morgan fingerprint density at radius 3 is 2.76 bits per heavy atom. The number of hydrogen-bond acceptors (Lipinski definition) is 5. The zero-order chi connectivity index (χ0) is 17.4. The summed E-state index contributed by atoms with van der Waals surface area (Å²) in [4.78, 5) is 20.5. The van der Waals surface area contributed by atoms with Crippen LogP contribution in [0, 0.1) is 0 Å². The number of carbonyl (C=O) groups is 1. The second-order valence-corrected chi connectivity index (χ2v) is 5.93. The molecule has 1 aromatic heterocycles. The first-order valence-corrected chi connectivity index (χ1v) is 8.02. The first-order chi connectivity index (χ1) is 12.1. The van der Waals surface area contributed by atoms with Crippen molar-refractivity contribution >= 4 is 23.3 Å². The van der Waals surface area contributed by atoms with Crippen LogP contribution in [0.5, 0.6) is 0 Å². The third-order valence-electron chi connectivity index (χ3n) is 3.81. The summed E-state index contributed by atoms with van der Waals surface area (Å²) in [6.07, 6.45) is 0.522. The van der Waals surface area contributed by atoms with Gasteiger partial charge in [0.1, 0.15) is 6.33 Å². The molecular formula is C18H13ClN4O2. The molecule has 0 fully saturated rings. The van der Waals surface area contributed by atoms with Gasteiger partial charge in [-0.05, 0) is 18.2 Å². The fourth-order valence-corrected chi connectivity index (χ4v) is 2.97. The van der Waals surface area contributed by atoms with Crippen LogP contribution in [0.3, 0.4) is 0 Å². The zero-order valence-corrected chi connectivity index (χ0v) is 14.0. The molecular weight excluding hydrogens is 340 g/mol. The Balaban J connectivity index is 2.00. The van der Waals surface area contributed by atoms with E-state index in [1.807, 2.05) is 42.5 Å². The van der Waals surface area contributed by atoms with Gasteiger partial charge in [0.15, 0.2) is 5.82 Å². The summed E-state index contributed by atoms with van der Waals surface area (Å²) < 4.78 is 7.01. The van der Waals surface area contributed by atoms with Gasteiger partial charge in [-0.25, -0.2) is 14.7 Å². The number of hydrogen-bond donors (Lipinski definition) is 0. The van der Waals surface area contributed by atoms with Crippen LogP contribution in [0.2, 0.25) is 5.02 Å². The quantitative estimate of drug-likeness (QED) is 0.663. The van der Waals surface area contributed by atoms with Crippen LogP contribution in [0.25, 0.3) is 5.69 Å². The minimum absolute atomic E-state index is 0.435. The second kappa shape index (κ2) is 6.14. The van der Waals surface area contributed by atoms with Gasteiger partial charge in [-0.3, -0.25) is 4.79 Å². The minimum atomic E-state index is -0.888. The largest absolute Gasteiger partial charge is 0.432 e. The number of carbonyl (C=O) groups excluding carboxylic acids is 1. The van der Waals surface area contributed by atoms with E-state index >= 15 is 0 Å². The molecule has 0 spiro atoms.